The van der Waals surface area contributed by atoms with Crippen molar-refractivity contribution in [3.8, 4) is 5.75 Å². The largest absolute Gasteiger partial charge is 0.486 e. The third-order valence-electron chi connectivity index (χ3n) is 5.04. The van der Waals surface area contributed by atoms with Crippen LogP contribution in [-0.4, -0.2) is 26.5 Å². The summed E-state index contributed by atoms with van der Waals surface area (Å²) in [5.74, 6) is 0.374. The second-order valence-electron chi connectivity index (χ2n) is 7.51. The summed E-state index contributed by atoms with van der Waals surface area (Å²) in [6.07, 6.45) is 2.87. The molecule has 0 aliphatic carbocycles. The molecule has 0 unspecified atom stereocenters. The fourth-order valence-electron chi connectivity index (χ4n) is 3.30. The molecule has 0 radical (unpaired) electrons. The zero-order valence-corrected chi connectivity index (χ0v) is 18.8. The number of carbonyl (C=O) groups is 2. The van der Waals surface area contributed by atoms with E-state index in [1.165, 1.54) is 35.3 Å². The Hall–Kier alpha value is -4.87. The van der Waals surface area contributed by atoms with E-state index < -0.39 is 16.7 Å². The molecule has 12 heteroatoms. The van der Waals surface area contributed by atoms with Gasteiger partial charge in [-0.05, 0) is 43.3 Å². The molecular formula is C23H21N5O7. The van der Waals surface area contributed by atoms with Crippen LogP contribution in [-0.2, 0) is 20.2 Å². The lowest BCUT2D eigenvalue weighted by Gasteiger charge is -2.08. The van der Waals surface area contributed by atoms with Gasteiger partial charge in [-0.2, -0.15) is 5.10 Å². The van der Waals surface area contributed by atoms with E-state index in [0.717, 1.165) is 0 Å². The number of furan rings is 2. The molecule has 4 rings (SSSR count). The Balaban J connectivity index is 1.37. The molecule has 4 aromatic rings. The number of hydrogen-bond donors (Lipinski definition) is 2. The molecule has 0 atom stereocenters. The van der Waals surface area contributed by atoms with Crippen molar-refractivity contribution in [1.29, 1.82) is 0 Å². The van der Waals surface area contributed by atoms with Crippen molar-refractivity contribution in [3.05, 3.63) is 93.6 Å². The molecule has 35 heavy (non-hydrogen) atoms. The van der Waals surface area contributed by atoms with Gasteiger partial charge >= 0.3 is 0 Å². The highest BCUT2D eigenvalue weighted by molar-refractivity contribution is 6.07. The number of aromatic nitrogens is 2. The van der Waals surface area contributed by atoms with Gasteiger partial charge in [-0.3, -0.25) is 24.4 Å². The third kappa shape index (κ3) is 5.38. The maximum Gasteiger partial charge on any atom is 0.291 e. The maximum atomic E-state index is 12.7. The Labute approximate surface area is 198 Å². The Bertz CT molecular complexity index is 1370. The van der Waals surface area contributed by atoms with Gasteiger partial charge in [-0.25, -0.2) is 0 Å². The highest BCUT2D eigenvalue weighted by atomic mass is 16.6. The van der Waals surface area contributed by atoms with Crippen LogP contribution in [0.3, 0.4) is 0 Å². The first-order chi connectivity index (χ1) is 16.8. The number of carbonyl (C=O) groups excluding carboxylic acids is 2. The molecule has 3 heterocycles. The Morgan fingerprint density at radius 3 is 2.71 bits per heavy atom. The fraction of sp³-hybridized carbons (Fsp3) is 0.174. The van der Waals surface area contributed by atoms with Crippen molar-refractivity contribution < 1.29 is 28.1 Å². The zero-order valence-electron chi connectivity index (χ0n) is 18.8. The van der Waals surface area contributed by atoms with E-state index in [0.29, 0.717) is 22.8 Å². The minimum Gasteiger partial charge on any atom is -0.486 e. The molecule has 3 aromatic heterocycles. The Morgan fingerprint density at radius 2 is 2.00 bits per heavy atom. The van der Waals surface area contributed by atoms with E-state index in [2.05, 4.69) is 15.7 Å². The lowest BCUT2D eigenvalue weighted by Crippen LogP contribution is -2.26. The molecule has 0 bridgehead atoms. The van der Waals surface area contributed by atoms with Crippen molar-refractivity contribution in [1.82, 2.24) is 15.1 Å². The number of ether oxygens (including phenoxy) is 1. The lowest BCUT2D eigenvalue weighted by atomic mass is 10.2. The molecule has 180 valence electrons. The zero-order chi connectivity index (χ0) is 24.9. The third-order valence-corrected chi connectivity index (χ3v) is 5.04. The van der Waals surface area contributed by atoms with Crippen LogP contribution < -0.4 is 15.4 Å². The fourth-order valence-corrected chi connectivity index (χ4v) is 3.30. The SMILES string of the molecule is Cc1cc(OCc2ccc(C(=O)Nc3cnn(C)c3C(=O)NCc3ccco3)o2)ccc1[N+](=O)[O-]. The molecule has 0 saturated heterocycles. The van der Waals surface area contributed by atoms with E-state index in [4.69, 9.17) is 13.6 Å². The molecule has 2 N–H and O–H groups in total. The van der Waals surface area contributed by atoms with Gasteiger partial charge in [0, 0.05) is 18.7 Å². The van der Waals surface area contributed by atoms with Crippen LogP contribution in [0.1, 0.15) is 38.1 Å². The lowest BCUT2D eigenvalue weighted by molar-refractivity contribution is -0.385. The van der Waals surface area contributed by atoms with Crippen LogP contribution >= 0.6 is 0 Å². The summed E-state index contributed by atoms with van der Waals surface area (Å²) >= 11 is 0. The molecule has 0 aliphatic heterocycles. The van der Waals surface area contributed by atoms with Gasteiger partial charge in [0.15, 0.2) is 5.76 Å². The van der Waals surface area contributed by atoms with Crippen molar-refractivity contribution in [2.24, 2.45) is 7.05 Å². The second kappa shape index (κ2) is 9.95. The highest BCUT2D eigenvalue weighted by Gasteiger charge is 2.21. The molecule has 0 aliphatic rings. The monoisotopic (exact) mass is 479 g/mol. The molecule has 1 aromatic carbocycles. The number of anilines is 1. The summed E-state index contributed by atoms with van der Waals surface area (Å²) in [6, 6.07) is 10.9. The normalized spacial score (nSPS) is 10.7. The van der Waals surface area contributed by atoms with Gasteiger partial charge in [-0.1, -0.05) is 0 Å². The predicted octanol–water partition coefficient (Wildman–Crippen LogP) is 3.58. The number of nitro groups is 1. The van der Waals surface area contributed by atoms with Crippen LogP contribution in [0.25, 0.3) is 0 Å². The molecule has 0 spiro atoms. The van der Waals surface area contributed by atoms with Crippen molar-refractivity contribution in [3.63, 3.8) is 0 Å². The number of benzene rings is 1. The first kappa shape index (κ1) is 23.3. The van der Waals surface area contributed by atoms with Crippen LogP contribution in [0.2, 0.25) is 0 Å². The van der Waals surface area contributed by atoms with E-state index in [1.54, 1.807) is 38.2 Å². The Morgan fingerprint density at radius 1 is 1.17 bits per heavy atom. The number of nitro benzene ring substituents is 1. The average Bonchev–Trinajstić information content (AvgIpc) is 3.58. The van der Waals surface area contributed by atoms with Crippen molar-refractivity contribution in [2.75, 3.05) is 5.32 Å². The first-order valence-electron chi connectivity index (χ1n) is 10.4. The van der Waals surface area contributed by atoms with Crippen LogP contribution in [0.15, 0.2) is 63.8 Å². The van der Waals surface area contributed by atoms with E-state index >= 15 is 0 Å². The topological polar surface area (TPSA) is 155 Å². The van der Waals surface area contributed by atoms with E-state index in [1.807, 2.05) is 0 Å². The second-order valence-corrected chi connectivity index (χ2v) is 7.51. The summed E-state index contributed by atoms with van der Waals surface area (Å²) in [6.45, 7) is 1.81. The van der Waals surface area contributed by atoms with Gasteiger partial charge in [0.1, 0.15) is 29.6 Å². The molecule has 2 amide bonds. The molecule has 12 nitrogen and oxygen atoms in total. The van der Waals surface area contributed by atoms with Crippen molar-refractivity contribution in [2.45, 2.75) is 20.1 Å². The standard InChI is InChI=1S/C23H21N5O7/c1-14-10-15(5-7-19(14)28(31)32)34-13-17-6-8-20(35-17)22(29)26-18-12-25-27(2)21(18)23(30)24-11-16-4-3-9-33-16/h3-10,12H,11,13H2,1-2H3,(H,24,30)(H,26,29). The number of rotatable bonds is 9. The smallest absolute Gasteiger partial charge is 0.291 e. The summed E-state index contributed by atoms with van der Waals surface area (Å²) in [7, 11) is 1.58. The first-order valence-corrected chi connectivity index (χ1v) is 10.4. The molecule has 0 fully saturated rings. The van der Waals surface area contributed by atoms with Gasteiger partial charge in [0.25, 0.3) is 17.5 Å². The van der Waals surface area contributed by atoms with E-state index in [9.17, 15) is 19.7 Å². The number of nitrogens with zero attached hydrogens (tertiary/aromatic N) is 3. The van der Waals surface area contributed by atoms with Gasteiger partial charge in [0.2, 0.25) is 0 Å². The summed E-state index contributed by atoms with van der Waals surface area (Å²) in [5, 5.41) is 20.3. The number of amides is 2. The summed E-state index contributed by atoms with van der Waals surface area (Å²) < 4.78 is 17.7. The predicted molar refractivity (Wildman–Crippen MR) is 122 cm³/mol. The molecular weight excluding hydrogens is 458 g/mol. The molecule has 0 saturated carbocycles. The van der Waals surface area contributed by atoms with Gasteiger partial charge < -0.3 is 24.2 Å². The summed E-state index contributed by atoms with van der Waals surface area (Å²) in [5.41, 5.74) is 0.838. The Kier molecular flexibility index (Phi) is 6.62. The quantitative estimate of drug-likeness (QED) is 0.273. The van der Waals surface area contributed by atoms with Crippen LogP contribution in [0.5, 0.6) is 5.75 Å². The highest BCUT2D eigenvalue weighted by Crippen LogP contribution is 2.24. The van der Waals surface area contributed by atoms with Crippen LogP contribution in [0, 0.1) is 17.0 Å². The number of aryl methyl sites for hydroxylation is 2. The van der Waals surface area contributed by atoms with Gasteiger partial charge in [-0.15, -0.1) is 0 Å². The number of nitrogens with one attached hydrogen (secondary N) is 2. The number of hydrogen-bond acceptors (Lipinski definition) is 8. The summed E-state index contributed by atoms with van der Waals surface area (Å²) in [4.78, 5) is 35.8. The average molecular weight is 479 g/mol. The maximum absolute atomic E-state index is 12.7. The van der Waals surface area contributed by atoms with E-state index in [-0.39, 0.29) is 36.0 Å². The minimum atomic E-state index is -0.574. The minimum absolute atomic E-state index is 0.00118. The van der Waals surface area contributed by atoms with Gasteiger partial charge in [0.05, 0.1) is 29.6 Å². The van der Waals surface area contributed by atoms with Crippen molar-refractivity contribution >= 4 is 23.2 Å². The van der Waals surface area contributed by atoms with Crippen LogP contribution in [0.4, 0.5) is 11.4 Å².